The van der Waals surface area contributed by atoms with Crippen LogP contribution in [0.3, 0.4) is 0 Å². The highest BCUT2D eigenvalue weighted by atomic mass is 19.1. The van der Waals surface area contributed by atoms with E-state index in [1.165, 1.54) is 18.3 Å². The lowest BCUT2D eigenvalue weighted by atomic mass is 10.1. The summed E-state index contributed by atoms with van der Waals surface area (Å²) in [4.78, 5) is 18.6. The van der Waals surface area contributed by atoms with E-state index in [1.807, 2.05) is 0 Å². The third kappa shape index (κ3) is 2.18. The Morgan fingerprint density at radius 3 is 2.90 bits per heavy atom. The summed E-state index contributed by atoms with van der Waals surface area (Å²) in [5.74, 6) is -0.889. The summed E-state index contributed by atoms with van der Waals surface area (Å²) < 4.78 is 12.7. The Morgan fingerprint density at radius 2 is 2.15 bits per heavy atom. The lowest BCUT2D eigenvalue weighted by molar-refractivity contribution is 0.102. The van der Waals surface area contributed by atoms with Crippen molar-refractivity contribution < 1.29 is 9.18 Å². The second-order valence-electron chi connectivity index (χ2n) is 4.33. The van der Waals surface area contributed by atoms with Crippen molar-refractivity contribution in [3.8, 4) is 0 Å². The summed E-state index contributed by atoms with van der Waals surface area (Å²) in [5.41, 5.74) is 8.01. The van der Waals surface area contributed by atoms with E-state index in [1.54, 1.807) is 24.4 Å². The normalized spacial score (nSPS) is 10.7. The van der Waals surface area contributed by atoms with Crippen LogP contribution in [-0.2, 0) is 0 Å². The van der Waals surface area contributed by atoms with E-state index in [9.17, 15) is 9.18 Å². The van der Waals surface area contributed by atoms with Crippen LogP contribution in [-0.4, -0.2) is 15.9 Å². The van der Waals surface area contributed by atoms with Gasteiger partial charge in [0.1, 0.15) is 0 Å². The number of hydrogen-bond acceptors (Lipinski definition) is 3. The van der Waals surface area contributed by atoms with E-state index in [2.05, 4.69) is 15.3 Å². The lowest BCUT2D eigenvalue weighted by Gasteiger charge is -2.03. The fourth-order valence-electron chi connectivity index (χ4n) is 1.98. The zero-order valence-electron chi connectivity index (χ0n) is 10.4. The van der Waals surface area contributed by atoms with E-state index in [0.717, 1.165) is 10.9 Å². The molecule has 0 aliphatic carbocycles. The van der Waals surface area contributed by atoms with Gasteiger partial charge in [0.15, 0.2) is 0 Å². The zero-order valence-corrected chi connectivity index (χ0v) is 10.4. The highest BCUT2D eigenvalue weighted by Crippen LogP contribution is 2.21. The number of pyridine rings is 1. The maximum absolute atomic E-state index is 12.7. The van der Waals surface area contributed by atoms with Crippen molar-refractivity contribution >= 4 is 28.2 Å². The number of fused-ring (bicyclic) bond motifs is 1. The van der Waals surface area contributed by atoms with Crippen LogP contribution in [0.4, 0.5) is 15.8 Å². The van der Waals surface area contributed by atoms with Crippen LogP contribution in [0.5, 0.6) is 0 Å². The van der Waals surface area contributed by atoms with Crippen molar-refractivity contribution in [2.45, 2.75) is 0 Å². The Morgan fingerprint density at radius 1 is 1.30 bits per heavy atom. The SMILES string of the molecule is Nc1ccc2c(C(=O)Nc3ccc(F)nc3)c[nH]c2c1. The molecular formula is C14H11FN4O. The molecule has 4 N–H and O–H groups in total. The lowest BCUT2D eigenvalue weighted by Crippen LogP contribution is -2.11. The first-order valence-corrected chi connectivity index (χ1v) is 5.93. The summed E-state index contributed by atoms with van der Waals surface area (Å²) in [6.45, 7) is 0. The molecule has 2 aromatic heterocycles. The molecule has 100 valence electrons. The molecule has 0 fully saturated rings. The van der Waals surface area contributed by atoms with Crippen LogP contribution in [0.25, 0.3) is 10.9 Å². The predicted octanol–water partition coefficient (Wildman–Crippen LogP) is 2.54. The second-order valence-corrected chi connectivity index (χ2v) is 4.33. The Bertz CT molecular complexity index is 779. The van der Waals surface area contributed by atoms with Crippen molar-refractivity contribution in [1.82, 2.24) is 9.97 Å². The van der Waals surface area contributed by atoms with Gasteiger partial charge in [-0.3, -0.25) is 4.79 Å². The van der Waals surface area contributed by atoms with Crippen LogP contribution < -0.4 is 11.1 Å². The summed E-state index contributed by atoms with van der Waals surface area (Å²) in [6, 6.07) is 7.90. The molecule has 5 nitrogen and oxygen atoms in total. The Hall–Kier alpha value is -2.89. The standard InChI is InChI=1S/C14H11FN4O/c15-13-4-2-9(6-18-13)19-14(20)11-7-17-12-5-8(16)1-3-10(11)12/h1-7,17H,16H2,(H,19,20). The highest BCUT2D eigenvalue weighted by Gasteiger charge is 2.12. The number of amides is 1. The van der Waals surface area contributed by atoms with Gasteiger partial charge in [-0.15, -0.1) is 0 Å². The molecule has 0 saturated carbocycles. The van der Waals surface area contributed by atoms with Gasteiger partial charge in [0.05, 0.1) is 17.4 Å². The first kappa shape index (κ1) is 12.2. The molecule has 1 aromatic carbocycles. The van der Waals surface area contributed by atoms with Gasteiger partial charge in [0, 0.05) is 22.8 Å². The molecule has 0 atom stereocenters. The maximum Gasteiger partial charge on any atom is 0.257 e. The molecule has 0 aliphatic rings. The van der Waals surface area contributed by atoms with Crippen molar-refractivity contribution in [2.75, 3.05) is 11.1 Å². The molecule has 6 heteroatoms. The topological polar surface area (TPSA) is 83.8 Å². The van der Waals surface area contributed by atoms with Gasteiger partial charge in [-0.25, -0.2) is 4.98 Å². The van der Waals surface area contributed by atoms with Crippen LogP contribution in [0.15, 0.2) is 42.7 Å². The van der Waals surface area contributed by atoms with Crippen molar-refractivity contribution in [2.24, 2.45) is 0 Å². The monoisotopic (exact) mass is 270 g/mol. The van der Waals surface area contributed by atoms with E-state index < -0.39 is 5.95 Å². The molecule has 20 heavy (non-hydrogen) atoms. The van der Waals surface area contributed by atoms with Crippen LogP contribution in [0.1, 0.15) is 10.4 Å². The van der Waals surface area contributed by atoms with Crippen LogP contribution in [0, 0.1) is 5.95 Å². The molecule has 0 saturated heterocycles. The minimum atomic E-state index is -0.592. The number of aromatic nitrogens is 2. The molecule has 0 unspecified atom stereocenters. The molecule has 0 radical (unpaired) electrons. The first-order valence-electron chi connectivity index (χ1n) is 5.93. The third-order valence-electron chi connectivity index (χ3n) is 2.94. The van der Waals surface area contributed by atoms with Crippen molar-refractivity contribution in [3.63, 3.8) is 0 Å². The van der Waals surface area contributed by atoms with Gasteiger partial charge in [-0.05, 0) is 30.3 Å². The van der Waals surface area contributed by atoms with E-state index in [0.29, 0.717) is 16.9 Å². The second kappa shape index (κ2) is 4.65. The van der Waals surface area contributed by atoms with E-state index in [-0.39, 0.29) is 5.91 Å². The minimum Gasteiger partial charge on any atom is -0.399 e. The van der Waals surface area contributed by atoms with E-state index >= 15 is 0 Å². The van der Waals surface area contributed by atoms with Crippen molar-refractivity contribution in [1.29, 1.82) is 0 Å². The van der Waals surface area contributed by atoms with Gasteiger partial charge in [-0.1, -0.05) is 0 Å². The molecule has 3 rings (SSSR count). The van der Waals surface area contributed by atoms with Crippen molar-refractivity contribution in [3.05, 3.63) is 54.2 Å². The highest BCUT2D eigenvalue weighted by molar-refractivity contribution is 6.13. The summed E-state index contributed by atoms with van der Waals surface area (Å²) in [7, 11) is 0. The van der Waals surface area contributed by atoms with Crippen LogP contribution >= 0.6 is 0 Å². The van der Waals surface area contributed by atoms with Gasteiger partial charge >= 0.3 is 0 Å². The number of carbonyl (C=O) groups excluding carboxylic acids is 1. The molecule has 1 amide bonds. The van der Waals surface area contributed by atoms with Crippen LogP contribution in [0.2, 0.25) is 0 Å². The average molecular weight is 270 g/mol. The first-order chi connectivity index (χ1) is 9.63. The number of anilines is 2. The smallest absolute Gasteiger partial charge is 0.257 e. The molecule has 3 aromatic rings. The zero-order chi connectivity index (χ0) is 14.1. The predicted molar refractivity (Wildman–Crippen MR) is 74.9 cm³/mol. The number of nitrogen functional groups attached to an aromatic ring is 1. The van der Waals surface area contributed by atoms with Gasteiger partial charge in [-0.2, -0.15) is 4.39 Å². The third-order valence-corrected chi connectivity index (χ3v) is 2.94. The number of hydrogen-bond donors (Lipinski definition) is 3. The average Bonchev–Trinajstić information content (AvgIpc) is 2.84. The number of halogens is 1. The Balaban J connectivity index is 1.91. The van der Waals surface area contributed by atoms with Gasteiger partial charge < -0.3 is 16.0 Å². The number of carbonyl (C=O) groups is 1. The number of aromatic amines is 1. The Labute approximate surface area is 113 Å². The number of nitrogens with two attached hydrogens (primary N) is 1. The molecule has 2 heterocycles. The molecule has 0 bridgehead atoms. The Kier molecular flexibility index (Phi) is 2.83. The fraction of sp³-hybridized carbons (Fsp3) is 0. The number of nitrogens with one attached hydrogen (secondary N) is 2. The maximum atomic E-state index is 12.7. The number of benzene rings is 1. The summed E-state index contributed by atoms with van der Waals surface area (Å²) in [5, 5.41) is 3.43. The summed E-state index contributed by atoms with van der Waals surface area (Å²) in [6.07, 6.45) is 2.87. The minimum absolute atomic E-state index is 0.297. The quantitative estimate of drug-likeness (QED) is 0.494. The largest absolute Gasteiger partial charge is 0.399 e. The summed E-state index contributed by atoms with van der Waals surface area (Å²) >= 11 is 0. The number of rotatable bonds is 2. The van der Waals surface area contributed by atoms with E-state index in [4.69, 9.17) is 5.73 Å². The number of H-pyrrole nitrogens is 1. The van der Waals surface area contributed by atoms with Gasteiger partial charge in [0.2, 0.25) is 5.95 Å². The van der Waals surface area contributed by atoms with Gasteiger partial charge in [0.25, 0.3) is 5.91 Å². The number of nitrogens with zero attached hydrogens (tertiary/aromatic N) is 1. The molecular weight excluding hydrogens is 259 g/mol. The molecule has 0 aliphatic heterocycles. The fourth-order valence-corrected chi connectivity index (χ4v) is 1.98. The molecule has 0 spiro atoms.